The molecule has 0 N–H and O–H groups in total. The lowest BCUT2D eigenvalue weighted by Gasteiger charge is -2.27. The van der Waals surface area contributed by atoms with Gasteiger partial charge in [0.05, 0.1) is 19.4 Å². The molecule has 4 aromatic heterocycles. The van der Waals surface area contributed by atoms with Crippen LogP contribution in [0.4, 0.5) is 5.82 Å². The first-order valence-corrected chi connectivity index (χ1v) is 10.7. The maximum absolute atomic E-state index is 5.55. The molecule has 1 fully saturated rings. The summed E-state index contributed by atoms with van der Waals surface area (Å²) in [4.78, 5) is 20.9. The zero-order valence-electron chi connectivity index (χ0n) is 18.0. The van der Waals surface area contributed by atoms with Gasteiger partial charge >= 0.3 is 0 Å². The molecule has 33 heavy (non-hydrogen) atoms. The lowest BCUT2D eigenvalue weighted by atomic mass is 10.2. The Labute approximate surface area is 189 Å². The van der Waals surface area contributed by atoms with Crippen molar-refractivity contribution in [2.24, 2.45) is 7.05 Å². The first-order valence-electron chi connectivity index (χ1n) is 10.7. The number of anilines is 1. The Bertz CT molecular complexity index is 1410. The molecule has 0 amide bonds. The summed E-state index contributed by atoms with van der Waals surface area (Å²) < 4.78 is 9.15. The Balaban J connectivity index is 1.52. The number of fused-ring (bicyclic) bond motifs is 1. The third-order valence-electron chi connectivity index (χ3n) is 5.71. The van der Waals surface area contributed by atoms with E-state index >= 15 is 0 Å². The summed E-state index contributed by atoms with van der Waals surface area (Å²) in [5, 5.41) is 8.64. The normalized spacial score (nSPS) is 14.2. The van der Waals surface area contributed by atoms with Crippen molar-refractivity contribution < 1.29 is 4.74 Å². The molecular formula is C23H21N9O. The predicted molar refractivity (Wildman–Crippen MR) is 123 cm³/mol. The first-order chi connectivity index (χ1) is 16.3. The van der Waals surface area contributed by atoms with Crippen LogP contribution in [0, 0.1) is 0 Å². The number of aromatic nitrogens is 8. The molecule has 0 bridgehead atoms. The standard InChI is InChI=1S/C23H21N9O/c1-30-20(17-7-9-24-10-8-17)25-19-21(30)26-23(27-22(19)31-11-13-33-14-12-31)32-15-18(28-29-32)16-5-3-2-4-6-16/h2-10,15H,11-14H2,1H3. The number of ether oxygens (including phenoxy) is 1. The summed E-state index contributed by atoms with van der Waals surface area (Å²) in [7, 11) is 1.96. The fourth-order valence-electron chi connectivity index (χ4n) is 4.00. The molecule has 0 saturated carbocycles. The van der Waals surface area contributed by atoms with Crippen LogP contribution in [-0.4, -0.2) is 65.8 Å². The van der Waals surface area contributed by atoms with E-state index in [9.17, 15) is 0 Å². The van der Waals surface area contributed by atoms with Gasteiger partial charge < -0.3 is 14.2 Å². The highest BCUT2D eigenvalue weighted by atomic mass is 16.5. The van der Waals surface area contributed by atoms with Gasteiger partial charge in [0, 0.05) is 43.7 Å². The van der Waals surface area contributed by atoms with Gasteiger partial charge in [-0.25, -0.2) is 4.98 Å². The molecule has 1 aromatic carbocycles. The van der Waals surface area contributed by atoms with Gasteiger partial charge in [0.2, 0.25) is 0 Å². The van der Waals surface area contributed by atoms with Gasteiger partial charge in [0.1, 0.15) is 11.5 Å². The van der Waals surface area contributed by atoms with Crippen LogP contribution in [0.15, 0.2) is 61.1 Å². The molecule has 1 saturated heterocycles. The highest BCUT2D eigenvalue weighted by Gasteiger charge is 2.23. The van der Waals surface area contributed by atoms with Crippen molar-refractivity contribution in [3.8, 4) is 28.6 Å². The molecule has 164 valence electrons. The summed E-state index contributed by atoms with van der Waals surface area (Å²) in [6.45, 7) is 2.76. The summed E-state index contributed by atoms with van der Waals surface area (Å²) in [6.07, 6.45) is 5.37. The van der Waals surface area contributed by atoms with E-state index in [0.29, 0.717) is 19.2 Å². The van der Waals surface area contributed by atoms with E-state index in [2.05, 4.69) is 20.2 Å². The molecule has 6 rings (SSSR count). The van der Waals surface area contributed by atoms with Crippen molar-refractivity contribution in [2.75, 3.05) is 31.2 Å². The van der Waals surface area contributed by atoms with Gasteiger partial charge in [0.15, 0.2) is 17.0 Å². The molecule has 5 aromatic rings. The Morgan fingerprint density at radius 3 is 2.45 bits per heavy atom. The minimum atomic E-state index is 0.447. The maximum Gasteiger partial charge on any atom is 0.256 e. The molecule has 10 nitrogen and oxygen atoms in total. The Morgan fingerprint density at radius 2 is 1.67 bits per heavy atom. The number of rotatable bonds is 4. The van der Waals surface area contributed by atoms with Crippen molar-refractivity contribution in [1.29, 1.82) is 0 Å². The van der Waals surface area contributed by atoms with Crippen LogP contribution >= 0.6 is 0 Å². The lowest BCUT2D eigenvalue weighted by Crippen LogP contribution is -2.37. The van der Waals surface area contributed by atoms with Gasteiger partial charge in [-0.3, -0.25) is 4.98 Å². The van der Waals surface area contributed by atoms with E-state index < -0.39 is 0 Å². The second-order valence-electron chi connectivity index (χ2n) is 7.76. The Kier molecular flexibility index (Phi) is 4.76. The molecule has 5 heterocycles. The third kappa shape index (κ3) is 3.50. The van der Waals surface area contributed by atoms with Gasteiger partial charge in [-0.2, -0.15) is 14.6 Å². The Morgan fingerprint density at radius 1 is 0.879 bits per heavy atom. The number of benzene rings is 1. The summed E-state index contributed by atoms with van der Waals surface area (Å²) in [5.74, 6) is 2.02. The molecule has 0 aliphatic carbocycles. The summed E-state index contributed by atoms with van der Waals surface area (Å²) >= 11 is 0. The van der Waals surface area contributed by atoms with Crippen molar-refractivity contribution in [1.82, 2.24) is 39.5 Å². The molecule has 0 spiro atoms. The topological polar surface area (TPSA) is 99.7 Å². The fraction of sp³-hybridized carbons (Fsp3) is 0.217. The minimum absolute atomic E-state index is 0.447. The first kappa shape index (κ1) is 19.5. The second kappa shape index (κ2) is 8.06. The molecule has 1 aliphatic rings. The second-order valence-corrected chi connectivity index (χ2v) is 7.76. The van der Waals surface area contributed by atoms with Crippen molar-refractivity contribution in [3.63, 3.8) is 0 Å². The van der Waals surface area contributed by atoms with Crippen LogP contribution in [0.2, 0.25) is 0 Å². The van der Waals surface area contributed by atoms with Crippen molar-refractivity contribution in [2.45, 2.75) is 0 Å². The zero-order valence-corrected chi connectivity index (χ0v) is 18.0. The molecule has 0 unspecified atom stereocenters. The number of aryl methyl sites for hydroxylation is 1. The van der Waals surface area contributed by atoms with Crippen LogP contribution in [0.1, 0.15) is 0 Å². The van der Waals surface area contributed by atoms with Crippen LogP contribution < -0.4 is 4.90 Å². The average molecular weight is 439 g/mol. The lowest BCUT2D eigenvalue weighted by molar-refractivity contribution is 0.122. The number of morpholine rings is 1. The highest BCUT2D eigenvalue weighted by molar-refractivity contribution is 5.87. The molecule has 1 aliphatic heterocycles. The van der Waals surface area contributed by atoms with Gasteiger partial charge in [-0.05, 0) is 12.1 Å². The number of imidazole rings is 1. The molecular weight excluding hydrogens is 418 g/mol. The van der Waals surface area contributed by atoms with E-state index in [-0.39, 0.29) is 0 Å². The monoisotopic (exact) mass is 439 g/mol. The number of nitrogens with zero attached hydrogens (tertiary/aromatic N) is 9. The van der Waals surface area contributed by atoms with Crippen molar-refractivity contribution >= 4 is 17.0 Å². The van der Waals surface area contributed by atoms with Gasteiger partial charge in [0.25, 0.3) is 5.95 Å². The van der Waals surface area contributed by atoms with E-state index in [0.717, 1.165) is 52.7 Å². The third-order valence-corrected chi connectivity index (χ3v) is 5.71. The van der Waals surface area contributed by atoms with E-state index in [1.807, 2.05) is 60.3 Å². The van der Waals surface area contributed by atoms with E-state index in [1.165, 1.54) is 0 Å². The Hall–Kier alpha value is -4.18. The van der Waals surface area contributed by atoms with Gasteiger partial charge in [-0.1, -0.05) is 35.5 Å². The summed E-state index contributed by atoms with van der Waals surface area (Å²) in [6, 6.07) is 13.8. The van der Waals surface area contributed by atoms with E-state index in [4.69, 9.17) is 19.7 Å². The maximum atomic E-state index is 5.55. The molecule has 10 heteroatoms. The number of hydrogen-bond donors (Lipinski definition) is 0. The largest absolute Gasteiger partial charge is 0.378 e. The molecule has 0 atom stereocenters. The highest BCUT2D eigenvalue weighted by Crippen LogP contribution is 2.29. The van der Waals surface area contributed by atoms with E-state index in [1.54, 1.807) is 17.1 Å². The summed E-state index contributed by atoms with van der Waals surface area (Å²) in [5.41, 5.74) is 4.18. The predicted octanol–water partition coefficient (Wildman–Crippen LogP) is 2.51. The minimum Gasteiger partial charge on any atom is -0.378 e. The number of pyridine rings is 1. The smallest absolute Gasteiger partial charge is 0.256 e. The van der Waals surface area contributed by atoms with Crippen LogP contribution in [0.25, 0.3) is 39.8 Å². The fourth-order valence-corrected chi connectivity index (χ4v) is 4.00. The zero-order chi connectivity index (χ0) is 22.2. The average Bonchev–Trinajstić information content (AvgIpc) is 3.51. The van der Waals surface area contributed by atoms with Gasteiger partial charge in [-0.15, -0.1) is 5.10 Å². The van der Waals surface area contributed by atoms with Crippen LogP contribution in [0.5, 0.6) is 0 Å². The van der Waals surface area contributed by atoms with Crippen LogP contribution in [0.3, 0.4) is 0 Å². The molecule has 0 radical (unpaired) electrons. The van der Waals surface area contributed by atoms with Crippen molar-refractivity contribution in [3.05, 3.63) is 61.1 Å². The van der Waals surface area contributed by atoms with Crippen LogP contribution in [-0.2, 0) is 11.8 Å². The number of hydrogen-bond acceptors (Lipinski definition) is 8. The quantitative estimate of drug-likeness (QED) is 0.421. The SMILES string of the molecule is Cn1c(-c2ccncc2)nc2c(N3CCOCC3)nc(-n3cc(-c4ccccc4)nn3)nc21.